The van der Waals surface area contributed by atoms with Gasteiger partial charge >= 0.3 is 13.1 Å². The molecular formula is C21H27BN6O4. The Balaban J connectivity index is 1.35. The van der Waals surface area contributed by atoms with E-state index in [0.717, 1.165) is 29.7 Å². The Kier molecular flexibility index (Phi) is 4.86. The molecule has 0 radical (unpaired) electrons. The van der Waals surface area contributed by atoms with E-state index in [1.54, 1.807) is 4.68 Å². The van der Waals surface area contributed by atoms with Gasteiger partial charge in [0.25, 0.3) is 0 Å². The summed E-state index contributed by atoms with van der Waals surface area (Å²) in [6.07, 6.45) is 2.18. The largest absolute Gasteiger partial charge is 0.496 e. The maximum atomic E-state index is 6.18. The number of aryl methyl sites for hydroxylation is 2. The third kappa shape index (κ3) is 3.69. The lowest BCUT2D eigenvalue weighted by molar-refractivity contribution is 0.00578. The molecule has 10 nitrogen and oxygen atoms in total. The molecular weight excluding hydrogens is 411 g/mol. The van der Waals surface area contributed by atoms with Crippen LogP contribution in [0.15, 0.2) is 16.7 Å². The maximum absolute atomic E-state index is 6.18. The monoisotopic (exact) mass is 438 g/mol. The molecule has 0 unspecified atom stereocenters. The van der Waals surface area contributed by atoms with E-state index >= 15 is 0 Å². The molecule has 3 aromatic rings. The normalized spacial score (nSPS) is 19.5. The number of ether oxygens (including phenoxy) is 1. The molecule has 5 rings (SSSR count). The van der Waals surface area contributed by atoms with E-state index < -0.39 is 18.3 Å². The first kappa shape index (κ1) is 21.1. The van der Waals surface area contributed by atoms with Crippen LogP contribution in [0.25, 0.3) is 11.4 Å². The molecule has 0 atom stereocenters. The Hall–Kier alpha value is -2.79. The molecule has 3 aromatic heterocycles. The SMILES string of the molecule is Cc1nc(-c2nnn(C)c2COc2noc(C3CC3)n2)ccc1B1OC(C)(C)C(C)(C)O1. The molecule has 1 saturated heterocycles. The van der Waals surface area contributed by atoms with Crippen LogP contribution in [0, 0.1) is 6.92 Å². The Bertz CT molecular complexity index is 1140. The number of rotatable bonds is 6. The second kappa shape index (κ2) is 7.38. The van der Waals surface area contributed by atoms with Crippen LogP contribution < -0.4 is 10.2 Å². The first-order valence-corrected chi connectivity index (χ1v) is 10.8. The molecule has 2 aliphatic rings. The van der Waals surface area contributed by atoms with Gasteiger partial charge in [-0.3, -0.25) is 4.98 Å². The summed E-state index contributed by atoms with van der Waals surface area (Å²) >= 11 is 0. The van der Waals surface area contributed by atoms with Crippen LogP contribution in [0.2, 0.25) is 0 Å². The van der Waals surface area contributed by atoms with Gasteiger partial charge in [-0.05, 0) is 58.7 Å². The zero-order chi connectivity index (χ0) is 22.7. The lowest BCUT2D eigenvalue weighted by atomic mass is 9.78. The van der Waals surface area contributed by atoms with E-state index in [0.29, 0.717) is 23.2 Å². The second-order valence-corrected chi connectivity index (χ2v) is 9.45. The molecule has 1 aliphatic heterocycles. The number of hydrogen-bond acceptors (Lipinski definition) is 9. The third-order valence-electron chi connectivity index (χ3n) is 6.51. The minimum Gasteiger partial charge on any atom is -0.455 e. The van der Waals surface area contributed by atoms with Crippen molar-refractivity contribution in [3.05, 3.63) is 29.4 Å². The molecule has 1 aliphatic carbocycles. The predicted octanol–water partition coefficient (Wildman–Crippen LogP) is 2.32. The summed E-state index contributed by atoms with van der Waals surface area (Å²) in [5.74, 6) is 1.02. The summed E-state index contributed by atoms with van der Waals surface area (Å²) in [6.45, 7) is 10.3. The molecule has 32 heavy (non-hydrogen) atoms. The van der Waals surface area contributed by atoms with Gasteiger partial charge in [0.1, 0.15) is 18.0 Å². The van der Waals surface area contributed by atoms with Crippen molar-refractivity contribution in [2.75, 3.05) is 0 Å². The molecule has 168 valence electrons. The van der Waals surface area contributed by atoms with Gasteiger partial charge in [0, 0.05) is 24.1 Å². The summed E-state index contributed by atoms with van der Waals surface area (Å²) in [4.78, 5) is 9.07. The number of pyridine rings is 1. The lowest BCUT2D eigenvalue weighted by Gasteiger charge is -2.32. The summed E-state index contributed by atoms with van der Waals surface area (Å²) in [5, 5.41) is 12.3. The molecule has 0 spiro atoms. The van der Waals surface area contributed by atoms with Gasteiger partial charge in [-0.15, -0.1) is 5.10 Å². The Morgan fingerprint density at radius 1 is 1.12 bits per heavy atom. The summed E-state index contributed by atoms with van der Waals surface area (Å²) in [6, 6.07) is 4.10. The van der Waals surface area contributed by atoms with E-state index in [2.05, 4.69) is 20.5 Å². The Morgan fingerprint density at radius 3 is 2.50 bits per heavy atom. The van der Waals surface area contributed by atoms with Gasteiger partial charge in [0.2, 0.25) is 5.89 Å². The average molecular weight is 438 g/mol. The molecule has 11 heteroatoms. The van der Waals surface area contributed by atoms with E-state index in [1.807, 2.05) is 53.8 Å². The molecule has 1 saturated carbocycles. The summed E-state index contributed by atoms with van der Waals surface area (Å²) in [5.41, 5.74) is 2.99. The van der Waals surface area contributed by atoms with Crippen molar-refractivity contribution in [3.8, 4) is 17.4 Å². The fraction of sp³-hybridized carbons (Fsp3) is 0.571. The van der Waals surface area contributed by atoms with Crippen LogP contribution >= 0.6 is 0 Å². The van der Waals surface area contributed by atoms with E-state index in [9.17, 15) is 0 Å². The molecule has 0 bridgehead atoms. The van der Waals surface area contributed by atoms with Gasteiger partial charge in [-0.25, -0.2) is 4.68 Å². The highest BCUT2D eigenvalue weighted by Crippen LogP contribution is 2.39. The van der Waals surface area contributed by atoms with Crippen molar-refractivity contribution in [3.63, 3.8) is 0 Å². The first-order chi connectivity index (χ1) is 15.1. The summed E-state index contributed by atoms with van der Waals surface area (Å²) < 4.78 is 25.0. The van der Waals surface area contributed by atoms with E-state index in [4.69, 9.17) is 23.6 Å². The van der Waals surface area contributed by atoms with Gasteiger partial charge in [-0.1, -0.05) is 11.3 Å². The predicted molar refractivity (Wildman–Crippen MR) is 115 cm³/mol. The molecule has 4 heterocycles. The quantitative estimate of drug-likeness (QED) is 0.536. The topological polar surface area (TPSA) is 110 Å². The van der Waals surface area contributed by atoms with Crippen LogP contribution in [0.4, 0.5) is 0 Å². The van der Waals surface area contributed by atoms with E-state index in [1.165, 1.54) is 0 Å². The second-order valence-electron chi connectivity index (χ2n) is 9.45. The molecule has 0 N–H and O–H groups in total. The van der Waals surface area contributed by atoms with Gasteiger partial charge in [0.05, 0.1) is 16.9 Å². The van der Waals surface area contributed by atoms with Gasteiger partial charge in [-0.2, -0.15) is 4.98 Å². The zero-order valence-corrected chi connectivity index (χ0v) is 19.2. The Labute approximate surface area is 186 Å². The number of hydrogen-bond donors (Lipinski definition) is 0. The minimum atomic E-state index is -0.467. The van der Waals surface area contributed by atoms with Crippen LogP contribution in [-0.4, -0.2) is 48.4 Å². The standard InChI is InChI=1S/C21H27BN6O4/c1-12-14(22-31-20(2,3)21(4,5)32-22)9-10-15(23-12)17-16(28(6)27-25-17)11-29-19-24-18(30-26-19)13-7-8-13/h9-10,13H,7-8,11H2,1-6H3. The first-order valence-electron chi connectivity index (χ1n) is 10.8. The van der Waals surface area contributed by atoms with E-state index in [-0.39, 0.29) is 12.6 Å². The smallest absolute Gasteiger partial charge is 0.455 e. The average Bonchev–Trinajstić information content (AvgIpc) is 3.28. The highest BCUT2D eigenvalue weighted by atomic mass is 16.7. The van der Waals surface area contributed by atoms with Crippen molar-refractivity contribution < 1.29 is 18.6 Å². The third-order valence-corrected chi connectivity index (χ3v) is 6.51. The van der Waals surface area contributed by atoms with Crippen LogP contribution in [0.1, 0.15) is 63.7 Å². The maximum Gasteiger partial charge on any atom is 0.496 e. The van der Waals surface area contributed by atoms with Crippen molar-refractivity contribution in [2.45, 2.75) is 71.2 Å². The zero-order valence-electron chi connectivity index (χ0n) is 19.2. The molecule has 2 fully saturated rings. The fourth-order valence-corrected chi connectivity index (χ4v) is 3.57. The van der Waals surface area contributed by atoms with Crippen LogP contribution in [0.3, 0.4) is 0 Å². The number of nitrogens with zero attached hydrogens (tertiary/aromatic N) is 6. The van der Waals surface area contributed by atoms with Crippen LogP contribution in [0.5, 0.6) is 6.01 Å². The van der Waals surface area contributed by atoms with Crippen molar-refractivity contribution >= 4 is 12.6 Å². The van der Waals surface area contributed by atoms with Gasteiger partial charge < -0.3 is 18.6 Å². The van der Waals surface area contributed by atoms with Crippen molar-refractivity contribution in [1.29, 1.82) is 0 Å². The lowest BCUT2D eigenvalue weighted by Crippen LogP contribution is -2.41. The van der Waals surface area contributed by atoms with Crippen molar-refractivity contribution in [2.24, 2.45) is 7.05 Å². The summed E-state index contributed by atoms with van der Waals surface area (Å²) in [7, 11) is 1.34. The van der Waals surface area contributed by atoms with Crippen molar-refractivity contribution in [1.82, 2.24) is 30.1 Å². The number of aromatic nitrogens is 6. The fourth-order valence-electron chi connectivity index (χ4n) is 3.57. The van der Waals surface area contributed by atoms with Crippen LogP contribution in [-0.2, 0) is 23.0 Å². The molecule has 0 aromatic carbocycles. The molecule has 0 amide bonds. The highest BCUT2D eigenvalue weighted by molar-refractivity contribution is 6.62. The van der Waals surface area contributed by atoms with Gasteiger partial charge in [0.15, 0.2) is 0 Å². The highest BCUT2D eigenvalue weighted by Gasteiger charge is 2.52. The Morgan fingerprint density at radius 2 is 1.84 bits per heavy atom. The minimum absolute atomic E-state index is 0.197.